The van der Waals surface area contributed by atoms with Gasteiger partial charge in [-0.15, -0.1) is 0 Å². The number of aliphatic hydroxyl groups is 5. The zero-order chi connectivity index (χ0) is 34.2. The van der Waals surface area contributed by atoms with Gasteiger partial charge in [-0.1, -0.05) is 0 Å². The molecule has 16 nitrogen and oxygen atoms in total. The lowest BCUT2D eigenvalue weighted by Crippen LogP contribution is -2.62. The summed E-state index contributed by atoms with van der Waals surface area (Å²) < 4.78 is 44.0. The minimum absolute atomic E-state index is 0.106. The van der Waals surface area contributed by atoms with Crippen LogP contribution in [-0.2, 0) is 23.7 Å². The summed E-state index contributed by atoms with van der Waals surface area (Å²) in [4.78, 5) is 24.4. The molecule has 0 spiro atoms. The Kier molecular flexibility index (Phi) is 10.2. The second-order valence-corrected chi connectivity index (χ2v) is 11.1. The Morgan fingerprint density at radius 1 is 0.872 bits per heavy atom. The monoisotopic (exact) mass is 664 g/mol. The van der Waals surface area contributed by atoms with Crippen molar-refractivity contribution in [3.05, 3.63) is 46.6 Å². The number of carbonyl (C=O) groups is 1. The normalized spacial score (nSPS) is 30.9. The Bertz CT molecular complexity index is 1620. The van der Waals surface area contributed by atoms with Crippen LogP contribution in [-0.4, -0.2) is 119 Å². The number of benzene rings is 2. The zero-order valence-electron chi connectivity index (χ0n) is 25.7. The van der Waals surface area contributed by atoms with Crippen molar-refractivity contribution in [3.63, 3.8) is 0 Å². The standard InChI is InChI=1S/C31H36O16/c1-12-28(44-13(2)32)25(37)27(39)30(43-12)42-11-20-22(34)24(36)26(38)31(47-20)46-19-10-18-21(23(35)29(19)41-4)16(33)9-17(45-18)14-5-7-15(40-3)8-6-14/h5-10,12,20,22,24-28,30-31,34-39H,11H2,1-4H3/t12-,20+,22+,24-,25+,26+,27+,28+,30-,31+/m1/s1. The van der Waals surface area contributed by atoms with E-state index in [4.69, 9.17) is 37.6 Å². The van der Waals surface area contributed by atoms with Gasteiger partial charge >= 0.3 is 5.97 Å². The minimum Gasteiger partial charge on any atom is -0.504 e. The van der Waals surface area contributed by atoms with Gasteiger partial charge in [0.15, 0.2) is 29.3 Å². The van der Waals surface area contributed by atoms with E-state index in [1.807, 2.05) is 0 Å². The van der Waals surface area contributed by atoms with Crippen LogP contribution in [0.15, 0.2) is 45.6 Å². The predicted molar refractivity (Wildman–Crippen MR) is 158 cm³/mol. The first-order valence-electron chi connectivity index (χ1n) is 14.5. The van der Waals surface area contributed by atoms with E-state index in [0.717, 1.165) is 6.92 Å². The Balaban J connectivity index is 1.37. The van der Waals surface area contributed by atoms with Gasteiger partial charge in [0.25, 0.3) is 0 Å². The van der Waals surface area contributed by atoms with Crippen molar-refractivity contribution in [3.8, 4) is 34.3 Å². The van der Waals surface area contributed by atoms with Gasteiger partial charge in [-0.3, -0.25) is 9.59 Å². The molecule has 3 aromatic rings. The number of phenolic OH excluding ortho intramolecular Hbond substituents is 1. The highest BCUT2D eigenvalue weighted by Gasteiger charge is 2.48. The molecule has 3 heterocycles. The lowest BCUT2D eigenvalue weighted by atomic mass is 9.98. The van der Waals surface area contributed by atoms with Gasteiger partial charge in [-0.25, -0.2) is 0 Å². The smallest absolute Gasteiger partial charge is 0.303 e. The number of ether oxygens (including phenoxy) is 7. The third-order valence-corrected chi connectivity index (χ3v) is 7.91. The first-order valence-corrected chi connectivity index (χ1v) is 14.5. The molecule has 2 aliphatic rings. The van der Waals surface area contributed by atoms with Crippen molar-refractivity contribution in [2.45, 2.75) is 75.3 Å². The highest BCUT2D eigenvalue weighted by Crippen LogP contribution is 2.43. The van der Waals surface area contributed by atoms with Crippen LogP contribution in [0.1, 0.15) is 13.8 Å². The van der Waals surface area contributed by atoms with Crippen molar-refractivity contribution in [1.29, 1.82) is 0 Å². The maximum atomic E-state index is 13.0. The van der Waals surface area contributed by atoms with E-state index >= 15 is 0 Å². The van der Waals surface area contributed by atoms with Crippen molar-refractivity contribution >= 4 is 16.9 Å². The van der Waals surface area contributed by atoms with E-state index < -0.39 is 85.2 Å². The van der Waals surface area contributed by atoms with E-state index in [1.54, 1.807) is 24.3 Å². The van der Waals surface area contributed by atoms with Gasteiger partial charge in [-0.05, 0) is 31.2 Å². The van der Waals surface area contributed by atoms with Gasteiger partial charge in [0.2, 0.25) is 12.0 Å². The first kappa shape index (κ1) is 34.3. The van der Waals surface area contributed by atoms with E-state index in [2.05, 4.69) is 0 Å². The molecule has 0 amide bonds. The van der Waals surface area contributed by atoms with Gasteiger partial charge in [-0.2, -0.15) is 0 Å². The minimum atomic E-state index is -1.83. The number of phenols is 1. The van der Waals surface area contributed by atoms with Crippen LogP contribution in [0.25, 0.3) is 22.3 Å². The number of carbonyl (C=O) groups excluding carboxylic acids is 1. The molecule has 0 unspecified atom stereocenters. The second-order valence-electron chi connectivity index (χ2n) is 11.1. The Morgan fingerprint density at radius 2 is 1.55 bits per heavy atom. The van der Waals surface area contributed by atoms with Crippen molar-refractivity contribution in [2.75, 3.05) is 20.8 Å². The molecule has 6 N–H and O–H groups in total. The highest BCUT2D eigenvalue weighted by molar-refractivity contribution is 5.89. The van der Waals surface area contributed by atoms with Crippen LogP contribution < -0.4 is 19.6 Å². The summed E-state index contributed by atoms with van der Waals surface area (Å²) in [6.45, 7) is 2.09. The molecule has 0 aliphatic carbocycles. The maximum Gasteiger partial charge on any atom is 0.303 e. The Morgan fingerprint density at radius 3 is 2.19 bits per heavy atom. The summed E-state index contributed by atoms with van der Waals surface area (Å²) in [5.41, 5.74) is -0.162. The van der Waals surface area contributed by atoms with E-state index in [0.29, 0.717) is 11.3 Å². The molecule has 256 valence electrons. The molecule has 0 radical (unpaired) electrons. The van der Waals surface area contributed by atoms with Gasteiger partial charge in [0.05, 0.1) is 26.9 Å². The van der Waals surface area contributed by atoms with Crippen LogP contribution in [0.3, 0.4) is 0 Å². The van der Waals surface area contributed by atoms with Crippen LogP contribution >= 0.6 is 0 Å². The number of aliphatic hydroxyl groups excluding tert-OH is 5. The number of aromatic hydroxyl groups is 1. The molecule has 1 aromatic heterocycles. The molecule has 2 fully saturated rings. The molecule has 16 heteroatoms. The SMILES string of the molecule is COc1ccc(-c2cc(=O)c3c(O)c(OC)c(O[C@H]4O[C@@H](CO[C@@H]5O[C@H](C)[C@H](OC(C)=O)[C@@H](O)[C@@H]5O)[C@H](O)[C@@H](O)[C@@H]4O)cc3o2)cc1. The Hall–Kier alpha value is -4.00. The molecule has 2 aromatic carbocycles. The van der Waals surface area contributed by atoms with Gasteiger partial charge in [0.1, 0.15) is 59.1 Å². The van der Waals surface area contributed by atoms with E-state index in [-0.39, 0.29) is 28.2 Å². The molecule has 2 saturated heterocycles. The fourth-order valence-electron chi connectivity index (χ4n) is 5.41. The fraction of sp³-hybridized carbons (Fsp3) is 0.484. The highest BCUT2D eigenvalue weighted by atomic mass is 16.7. The topological polar surface area (TPSA) is 233 Å². The number of rotatable bonds is 9. The fourth-order valence-corrected chi connectivity index (χ4v) is 5.41. The quantitative estimate of drug-likeness (QED) is 0.162. The van der Waals surface area contributed by atoms with Gasteiger partial charge < -0.3 is 68.2 Å². The average Bonchev–Trinajstić information content (AvgIpc) is 3.04. The Labute approximate surface area is 267 Å². The lowest BCUT2D eigenvalue weighted by Gasteiger charge is -2.43. The molecule has 5 rings (SSSR count). The zero-order valence-corrected chi connectivity index (χ0v) is 25.7. The van der Waals surface area contributed by atoms with E-state index in [1.165, 1.54) is 33.3 Å². The van der Waals surface area contributed by atoms with Crippen molar-refractivity contribution in [2.24, 2.45) is 0 Å². The molecule has 47 heavy (non-hydrogen) atoms. The summed E-state index contributed by atoms with van der Waals surface area (Å²) in [6, 6.07) is 9.11. The largest absolute Gasteiger partial charge is 0.504 e. The van der Waals surface area contributed by atoms with Crippen LogP contribution in [0, 0.1) is 0 Å². The summed E-state index contributed by atoms with van der Waals surface area (Å²) in [5, 5.41) is 63.6. The molecular weight excluding hydrogens is 628 g/mol. The molecule has 10 atom stereocenters. The van der Waals surface area contributed by atoms with Crippen molar-refractivity contribution in [1.82, 2.24) is 0 Å². The van der Waals surface area contributed by atoms with E-state index in [9.17, 15) is 40.2 Å². The van der Waals surface area contributed by atoms with Gasteiger partial charge in [0, 0.05) is 24.6 Å². The van der Waals surface area contributed by atoms with Crippen LogP contribution in [0.4, 0.5) is 0 Å². The number of methoxy groups -OCH3 is 2. The number of fused-ring (bicyclic) bond motifs is 1. The average molecular weight is 665 g/mol. The summed E-state index contributed by atoms with van der Waals surface area (Å²) >= 11 is 0. The second kappa shape index (κ2) is 14.0. The molecular formula is C31H36O16. The lowest BCUT2D eigenvalue weighted by molar-refractivity contribution is -0.319. The third kappa shape index (κ3) is 6.86. The first-order chi connectivity index (χ1) is 22.3. The number of hydrogen-bond acceptors (Lipinski definition) is 16. The molecule has 0 bridgehead atoms. The number of esters is 1. The summed E-state index contributed by atoms with van der Waals surface area (Å²) in [5.74, 6) is -1.13. The molecule has 0 saturated carbocycles. The third-order valence-electron chi connectivity index (χ3n) is 7.91. The van der Waals surface area contributed by atoms with Crippen molar-refractivity contribution < 1.29 is 73.0 Å². The maximum absolute atomic E-state index is 13.0. The molecule has 2 aliphatic heterocycles. The number of hydrogen-bond donors (Lipinski definition) is 6. The van der Waals surface area contributed by atoms with Crippen LogP contribution in [0.2, 0.25) is 0 Å². The summed E-state index contributed by atoms with van der Waals surface area (Å²) in [6.07, 6.45) is -15.2. The van der Waals surface area contributed by atoms with Crippen LogP contribution in [0.5, 0.6) is 23.0 Å². The summed E-state index contributed by atoms with van der Waals surface area (Å²) in [7, 11) is 2.71. The predicted octanol–water partition coefficient (Wildman–Crippen LogP) is -0.216.